The predicted molar refractivity (Wildman–Crippen MR) is 133 cm³/mol. The molecule has 0 unspecified atom stereocenters. The monoisotopic (exact) mass is 478 g/mol. The Balaban J connectivity index is 1.34. The SMILES string of the molecule is CC(C)(CNC(=O)C1(CNC(=O)OCC2c3ccccc3-c3ccccc32)CCCC1)CC(=O)O. The van der Waals surface area contributed by atoms with E-state index in [0.29, 0.717) is 12.8 Å². The van der Waals surface area contributed by atoms with Crippen LogP contribution in [0.3, 0.4) is 0 Å². The van der Waals surface area contributed by atoms with Crippen LogP contribution in [0.5, 0.6) is 0 Å². The molecule has 0 saturated heterocycles. The molecule has 7 heteroatoms. The van der Waals surface area contributed by atoms with Crippen LogP contribution in [0.4, 0.5) is 4.79 Å². The Labute approximate surface area is 206 Å². The minimum absolute atomic E-state index is 0.0200. The third-order valence-electron chi connectivity index (χ3n) is 7.31. The van der Waals surface area contributed by atoms with E-state index in [1.807, 2.05) is 38.1 Å². The summed E-state index contributed by atoms with van der Waals surface area (Å²) in [4.78, 5) is 36.8. The van der Waals surface area contributed by atoms with Crippen molar-refractivity contribution in [2.24, 2.45) is 10.8 Å². The highest BCUT2D eigenvalue weighted by Crippen LogP contribution is 2.44. The van der Waals surface area contributed by atoms with Gasteiger partial charge in [-0.05, 0) is 40.5 Å². The Kier molecular flexibility index (Phi) is 7.15. The van der Waals surface area contributed by atoms with E-state index in [4.69, 9.17) is 9.84 Å². The minimum atomic E-state index is -0.892. The van der Waals surface area contributed by atoms with Gasteiger partial charge in [-0.15, -0.1) is 0 Å². The average Bonchev–Trinajstić information content (AvgIpc) is 3.43. The molecular formula is C28H34N2O5. The number of rotatable bonds is 9. The maximum absolute atomic E-state index is 13.1. The topological polar surface area (TPSA) is 105 Å². The Morgan fingerprint density at radius 2 is 1.54 bits per heavy atom. The lowest BCUT2D eigenvalue weighted by molar-refractivity contribution is -0.140. The molecule has 0 bridgehead atoms. The third kappa shape index (κ3) is 5.50. The van der Waals surface area contributed by atoms with E-state index in [2.05, 4.69) is 34.9 Å². The van der Waals surface area contributed by atoms with Gasteiger partial charge in [-0.25, -0.2) is 4.79 Å². The maximum atomic E-state index is 13.1. The summed E-state index contributed by atoms with van der Waals surface area (Å²) in [5.41, 5.74) is 3.40. The number of carbonyl (C=O) groups is 3. The number of carboxylic acids is 1. The quantitative estimate of drug-likeness (QED) is 0.484. The summed E-state index contributed by atoms with van der Waals surface area (Å²) in [6.07, 6.45) is 2.63. The van der Waals surface area contributed by atoms with Gasteiger partial charge in [0.2, 0.25) is 5.91 Å². The van der Waals surface area contributed by atoms with Gasteiger partial charge in [-0.3, -0.25) is 9.59 Å². The number of nitrogens with one attached hydrogen (secondary N) is 2. The number of aliphatic carboxylic acids is 1. The average molecular weight is 479 g/mol. The Bertz CT molecular complexity index is 1060. The Hall–Kier alpha value is -3.35. The fraction of sp³-hybridized carbons (Fsp3) is 0.464. The van der Waals surface area contributed by atoms with Crippen LogP contribution in [-0.2, 0) is 14.3 Å². The molecule has 4 rings (SSSR count). The smallest absolute Gasteiger partial charge is 0.407 e. The van der Waals surface area contributed by atoms with Gasteiger partial charge in [0, 0.05) is 19.0 Å². The lowest BCUT2D eigenvalue weighted by Crippen LogP contribution is -2.49. The van der Waals surface area contributed by atoms with Crippen molar-refractivity contribution in [1.82, 2.24) is 10.6 Å². The molecule has 2 amide bonds. The number of fused-ring (bicyclic) bond motifs is 3. The maximum Gasteiger partial charge on any atom is 0.407 e. The molecule has 2 aromatic rings. The number of hydrogen-bond acceptors (Lipinski definition) is 4. The van der Waals surface area contributed by atoms with Crippen LogP contribution in [0.2, 0.25) is 0 Å². The molecule has 0 heterocycles. The number of amides is 2. The molecule has 2 aromatic carbocycles. The van der Waals surface area contributed by atoms with Crippen molar-refractivity contribution in [3.8, 4) is 11.1 Å². The van der Waals surface area contributed by atoms with Crippen molar-refractivity contribution in [1.29, 1.82) is 0 Å². The molecule has 35 heavy (non-hydrogen) atoms. The fourth-order valence-electron chi connectivity index (χ4n) is 5.41. The number of carboxylic acid groups (broad SMARTS) is 1. The second-order valence-electron chi connectivity index (χ2n) is 10.6. The third-order valence-corrected chi connectivity index (χ3v) is 7.31. The van der Waals surface area contributed by atoms with Crippen molar-refractivity contribution in [2.75, 3.05) is 19.7 Å². The first-order chi connectivity index (χ1) is 16.7. The van der Waals surface area contributed by atoms with Crippen molar-refractivity contribution >= 4 is 18.0 Å². The van der Waals surface area contributed by atoms with Gasteiger partial charge in [-0.2, -0.15) is 0 Å². The summed E-state index contributed by atoms with van der Waals surface area (Å²) in [5.74, 6) is -1.04. The van der Waals surface area contributed by atoms with Crippen LogP contribution >= 0.6 is 0 Å². The molecule has 1 fully saturated rings. The van der Waals surface area contributed by atoms with E-state index in [1.165, 1.54) is 11.1 Å². The molecule has 3 N–H and O–H groups in total. The normalized spacial score (nSPS) is 16.3. The second kappa shape index (κ2) is 10.1. The van der Waals surface area contributed by atoms with E-state index in [-0.39, 0.29) is 37.9 Å². The molecular weight excluding hydrogens is 444 g/mol. The standard InChI is InChI=1S/C28H34N2O5/c1-27(2,15-24(31)32)17-29-25(33)28(13-7-8-14-28)18-30-26(34)35-16-23-21-11-5-3-9-19(21)20-10-4-6-12-22(20)23/h3-6,9-12,23H,7-8,13-18H2,1-2H3,(H,29,33)(H,30,34)(H,31,32). The zero-order valence-corrected chi connectivity index (χ0v) is 20.4. The van der Waals surface area contributed by atoms with E-state index < -0.39 is 22.9 Å². The number of carbonyl (C=O) groups excluding carboxylic acids is 2. The van der Waals surface area contributed by atoms with Crippen LogP contribution in [0, 0.1) is 10.8 Å². The molecule has 0 radical (unpaired) electrons. The Morgan fingerprint density at radius 1 is 0.971 bits per heavy atom. The van der Waals surface area contributed by atoms with E-state index >= 15 is 0 Å². The second-order valence-corrected chi connectivity index (χ2v) is 10.6. The number of alkyl carbamates (subject to hydrolysis) is 1. The number of ether oxygens (including phenoxy) is 1. The first kappa shape index (κ1) is 24.8. The van der Waals surface area contributed by atoms with Gasteiger partial charge in [0.05, 0.1) is 11.8 Å². The van der Waals surface area contributed by atoms with Gasteiger partial charge in [-0.1, -0.05) is 75.2 Å². The van der Waals surface area contributed by atoms with Crippen molar-refractivity contribution in [3.05, 3.63) is 59.7 Å². The molecule has 7 nitrogen and oxygen atoms in total. The van der Waals surface area contributed by atoms with Gasteiger partial charge in [0.25, 0.3) is 0 Å². The summed E-state index contributed by atoms with van der Waals surface area (Å²) in [7, 11) is 0. The summed E-state index contributed by atoms with van der Waals surface area (Å²) < 4.78 is 5.64. The van der Waals surface area contributed by atoms with E-state index in [9.17, 15) is 14.4 Å². The van der Waals surface area contributed by atoms with Crippen molar-refractivity contribution in [2.45, 2.75) is 51.9 Å². The van der Waals surface area contributed by atoms with Gasteiger partial charge < -0.3 is 20.5 Å². The lowest BCUT2D eigenvalue weighted by Gasteiger charge is -2.30. The zero-order valence-electron chi connectivity index (χ0n) is 20.4. The number of benzene rings is 2. The highest BCUT2D eigenvalue weighted by atomic mass is 16.5. The van der Waals surface area contributed by atoms with Crippen LogP contribution < -0.4 is 10.6 Å². The highest BCUT2D eigenvalue weighted by molar-refractivity contribution is 5.84. The van der Waals surface area contributed by atoms with Crippen LogP contribution in [0.1, 0.15) is 63.0 Å². The van der Waals surface area contributed by atoms with E-state index in [1.54, 1.807) is 0 Å². The molecule has 0 aromatic heterocycles. The predicted octanol–water partition coefficient (Wildman–Crippen LogP) is 4.70. The molecule has 0 atom stereocenters. The largest absolute Gasteiger partial charge is 0.481 e. The van der Waals surface area contributed by atoms with Gasteiger partial charge in [0.15, 0.2) is 0 Å². The van der Waals surface area contributed by atoms with Crippen molar-refractivity contribution < 1.29 is 24.2 Å². The van der Waals surface area contributed by atoms with Crippen molar-refractivity contribution in [3.63, 3.8) is 0 Å². The summed E-state index contributed by atoms with van der Waals surface area (Å²) in [6, 6.07) is 16.4. The van der Waals surface area contributed by atoms with Crippen LogP contribution in [-0.4, -0.2) is 42.8 Å². The van der Waals surface area contributed by atoms with Gasteiger partial charge >= 0.3 is 12.1 Å². The summed E-state index contributed by atoms with van der Waals surface area (Å²) in [6.45, 7) is 4.33. The Morgan fingerprint density at radius 3 is 2.11 bits per heavy atom. The van der Waals surface area contributed by atoms with Crippen LogP contribution in [0.25, 0.3) is 11.1 Å². The lowest BCUT2D eigenvalue weighted by atomic mass is 9.83. The molecule has 0 spiro atoms. The molecule has 1 saturated carbocycles. The van der Waals surface area contributed by atoms with E-state index in [0.717, 1.165) is 24.0 Å². The van der Waals surface area contributed by atoms with Gasteiger partial charge in [0.1, 0.15) is 6.61 Å². The first-order valence-electron chi connectivity index (χ1n) is 12.3. The minimum Gasteiger partial charge on any atom is -0.481 e. The number of hydrogen-bond donors (Lipinski definition) is 3. The molecule has 186 valence electrons. The first-order valence-corrected chi connectivity index (χ1v) is 12.3. The fourth-order valence-corrected chi connectivity index (χ4v) is 5.41. The zero-order chi connectivity index (χ0) is 25.1. The molecule has 0 aliphatic heterocycles. The summed E-state index contributed by atoms with van der Waals surface area (Å²) in [5, 5.41) is 14.9. The highest BCUT2D eigenvalue weighted by Gasteiger charge is 2.42. The van der Waals surface area contributed by atoms with Crippen LogP contribution in [0.15, 0.2) is 48.5 Å². The molecule has 2 aliphatic rings. The molecule has 2 aliphatic carbocycles. The summed E-state index contributed by atoms with van der Waals surface area (Å²) >= 11 is 0.